The van der Waals surface area contributed by atoms with Gasteiger partial charge in [0.1, 0.15) is 6.10 Å². The first-order chi connectivity index (χ1) is 7.61. The van der Waals surface area contributed by atoms with Gasteiger partial charge in [-0.05, 0) is 26.3 Å². The third kappa shape index (κ3) is 1.77. The molecule has 0 aromatic heterocycles. The van der Waals surface area contributed by atoms with Gasteiger partial charge in [-0.3, -0.25) is 4.90 Å². The van der Waals surface area contributed by atoms with E-state index in [1.807, 2.05) is 51.1 Å². The summed E-state index contributed by atoms with van der Waals surface area (Å²) < 4.78 is 5.42. The minimum absolute atomic E-state index is 0.0925. The summed E-state index contributed by atoms with van der Waals surface area (Å²) in [5, 5.41) is 0. The second-order valence-corrected chi connectivity index (χ2v) is 4.46. The molecule has 0 aliphatic carbocycles. The largest absolute Gasteiger partial charge is 0.439 e. The lowest BCUT2D eigenvalue weighted by atomic mass is 10.0. The van der Waals surface area contributed by atoms with Crippen LogP contribution in [0.2, 0.25) is 0 Å². The topological polar surface area (TPSA) is 29.5 Å². The summed E-state index contributed by atoms with van der Waals surface area (Å²) in [5.41, 5.74) is 1.06. The van der Waals surface area contributed by atoms with Crippen molar-refractivity contribution in [2.24, 2.45) is 0 Å². The third-order valence-corrected chi connectivity index (χ3v) is 3.00. The van der Waals surface area contributed by atoms with Crippen LogP contribution < -0.4 is 0 Å². The second kappa shape index (κ2) is 4.16. The van der Waals surface area contributed by atoms with Gasteiger partial charge in [0.2, 0.25) is 0 Å². The minimum Gasteiger partial charge on any atom is -0.439 e. The Labute approximate surface area is 96.0 Å². The summed E-state index contributed by atoms with van der Waals surface area (Å²) in [6, 6.07) is 10.2. The monoisotopic (exact) mass is 219 g/mol. The van der Waals surface area contributed by atoms with E-state index in [2.05, 4.69) is 0 Å². The number of carbonyl (C=O) groups is 1. The first kappa shape index (κ1) is 11.0. The molecule has 1 aliphatic heterocycles. The average molecular weight is 219 g/mol. The molecule has 1 heterocycles. The number of amides is 1. The molecule has 16 heavy (non-hydrogen) atoms. The molecule has 1 amide bonds. The van der Waals surface area contributed by atoms with Crippen molar-refractivity contribution in [3.8, 4) is 0 Å². The molecule has 2 atom stereocenters. The third-order valence-electron chi connectivity index (χ3n) is 3.00. The van der Waals surface area contributed by atoms with Crippen molar-refractivity contribution in [3.05, 3.63) is 35.9 Å². The Bertz CT molecular complexity index is 375. The normalized spacial score (nSPS) is 25.0. The van der Waals surface area contributed by atoms with Crippen molar-refractivity contribution in [1.82, 2.24) is 4.90 Å². The Morgan fingerprint density at radius 1 is 1.25 bits per heavy atom. The van der Waals surface area contributed by atoms with Crippen LogP contribution >= 0.6 is 0 Å². The van der Waals surface area contributed by atoms with E-state index in [1.165, 1.54) is 0 Å². The van der Waals surface area contributed by atoms with Gasteiger partial charge in [0.15, 0.2) is 0 Å². The van der Waals surface area contributed by atoms with Gasteiger partial charge in [-0.15, -0.1) is 0 Å². The van der Waals surface area contributed by atoms with Gasteiger partial charge in [0.25, 0.3) is 0 Å². The molecular weight excluding hydrogens is 202 g/mol. The number of hydrogen-bond donors (Lipinski definition) is 0. The maximum absolute atomic E-state index is 11.7. The van der Waals surface area contributed by atoms with Crippen LogP contribution in [0.4, 0.5) is 4.79 Å². The molecule has 3 nitrogen and oxygen atoms in total. The van der Waals surface area contributed by atoms with Gasteiger partial charge in [-0.25, -0.2) is 4.79 Å². The molecule has 1 aromatic rings. The Morgan fingerprint density at radius 3 is 2.38 bits per heavy atom. The van der Waals surface area contributed by atoms with Crippen molar-refractivity contribution in [3.63, 3.8) is 0 Å². The lowest BCUT2D eigenvalue weighted by Crippen LogP contribution is -2.37. The van der Waals surface area contributed by atoms with Gasteiger partial charge in [0, 0.05) is 6.04 Å². The van der Waals surface area contributed by atoms with Crippen LogP contribution in [0.5, 0.6) is 0 Å². The van der Waals surface area contributed by atoms with Crippen LogP contribution in [0.3, 0.4) is 0 Å². The summed E-state index contributed by atoms with van der Waals surface area (Å²) in [4.78, 5) is 13.5. The molecule has 1 saturated heterocycles. The van der Waals surface area contributed by atoms with Crippen LogP contribution in [0.1, 0.15) is 32.4 Å². The number of benzene rings is 1. The smallest absolute Gasteiger partial charge is 0.411 e. The Kier molecular flexibility index (Phi) is 2.86. The van der Waals surface area contributed by atoms with E-state index < -0.39 is 0 Å². The first-order valence-electron chi connectivity index (χ1n) is 5.65. The SMILES string of the molecule is CC(C)N1C(=O)O[C@@H](c2ccccc2)[C@@H]1C. The van der Waals surface area contributed by atoms with Crippen LogP contribution in [-0.4, -0.2) is 23.1 Å². The number of rotatable bonds is 2. The highest BCUT2D eigenvalue weighted by atomic mass is 16.6. The van der Waals surface area contributed by atoms with Crippen molar-refractivity contribution in [2.45, 2.75) is 39.0 Å². The zero-order chi connectivity index (χ0) is 11.7. The number of nitrogens with zero attached hydrogens (tertiary/aromatic N) is 1. The molecule has 2 rings (SSSR count). The van der Waals surface area contributed by atoms with E-state index >= 15 is 0 Å². The zero-order valence-corrected chi connectivity index (χ0v) is 9.88. The minimum atomic E-state index is -0.212. The molecule has 0 N–H and O–H groups in total. The number of cyclic esters (lactones) is 1. The fraction of sp³-hybridized carbons (Fsp3) is 0.462. The highest BCUT2D eigenvalue weighted by molar-refractivity contribution is 5.71. The van der Waals surface area contributed by atoms with E-state index in [9.17, 15) is 4.79 Å². The molecule has 1 fully saturated rings. The number of ether oxygens (including phenoxy) is 1. The van der Waals surface area contributed by atoms with Gasteiger partial charge in [-0.1, -0.05) is 30.3 Å². The highest BCUT2D eigenvalue weighted by Gasteiger charge is 2.40. The van der Waals surface area contributed by atoms with Gasteiger partial charge in [0.05, 0.1) is 6.04 Å². The van der Waals surface area contributed by atoms with Crippen LogP contribution in [0.15, 0.2) is 30.3 Å². The first-order valence-corrected chi connectivity index (χ1v) is 5.65. The lowest BCUT2D eigenvalue weighted by molar-refractivity contribution is 0.129. The maximum Gasteiger partial charge on any atom is 0.411 e. The van der Waals surface area contributed by atoms with Crippen LogP contribution in [-0.2, 0) is 4.74 Å². The molecule has 0 bridgehead atoms. The molecular formula is C13H17NO2. The van der Waals surface area contributed by atoms with Crippen molar-refractivity contribution >= 4 is 6.09 Å². The fourth-order valence-corrected chi connectivity index (χ4v) is 2.25. The molecule has 3 heteroatoms. The predicted octanol–water partition coefficient (Wildman–Crippen LogP) is 2.98. The molecule has 86 valence electrons. The Balaban J connectivity index is 2.24. The van der Waals surface area contributed by atoms with Crippen molar-refractivity contribution < 1.29 is 9.53 Å². The Hall–Kier alpha value is -1.51. The molecule has 0 radical (unpaired) electrons. The molecule has 0 saturated carbocycles. The number of hydrogen-bond acceptors (Lipinski definition) is 2. The summed E-state index contributed by atoms with van der Waals surface area (Å²) in [6.45, 7) is 6.04. The fourth-order valence-electron chi connectivity index (χ4n) is 2.25. The van der Waals surface area contributed by atoms with Gasteiger partial charge < -0.3 is 4.74 Å². The summed E-state index contributed by atoms with van der Waals surface area (Å²) in [6.07, 6.45) is -0.354. The molecule has 0 spiro atoms. The lowest BCUT2D eigenvalue weighted by Gasteiger charge is -2.24. The second-order valence-electron chi connectivity index (χ2n) is 4.46. The standard InChI is InChI=1S/C13H17NO2/c1-9(2)14-10(3)12(16-13(14)15)11-7-5-4-6-8-11/h4-10,12H,1-3H3/t10-,12+/m0/s1. The maximum atomic E-state index is 11.7. The van der Waals surface area contributed by atoms with E-state index in [4.69, 9.17) is 4.74 Å². The summed E-state index contributed by atoms with van der Waals surface area (Å²) in [5.74, 6) is 0. The molecule has 1 aromatic carbocycles. The molecule has 1 aliphatic rings. The van der Waals surface area contributed by atoms with E-state index in [0.29, 0.717) is 0 Å². The van der Waals surface area contributed by atoms with Crippen LogP contribution in [0, 0.1) is 0 Å². The zero-order valence-electron chi connectivity index (χ0n) is 9.88. The molecule has 0 unspecified atom stereocenters. The van der Waals surface area contributed by atoms with E-state index in [1.54, 1.807) is 4.90 Å². The van der Waals surface area contributed by atoms with Crippen molar-refractivity contribution in [2.75, 3.05) is 0 Å². The van der Waals surface area contributed by atoms with E-state index in [-0.39, 0.29) is 24.3 Å². The quantitative estimate of drug-likeness (QED) is 0.765. The van der Waals surface area contributed by atoms with Crippen LogP contribution in [0.25, 0.3) is 0 Å². The average Bonchev–Trinajstić information content (AvgIpc) is 2.55. The van der Waals surface area contributed by atoms with Gasteiger partial charge >= 0.3 is 6.09 Å². The van der Waals surface area contributed by atoms with Crippen molar-refractivity contribution in [1.29, 1.82) is 0 Å². The van der Waals surface area contributed by atoms with Gasteiger partial charge in [-0.2, -0.15) is 0 Å². The summed E-state index contributed by atoms with van der Waals surface area (Å²) >= 11 is 0. The van der Waals surface area contributed by atoms with E-state index in [0.717, 1.165) is 5.56 Å². The number of carbonyl (C=O) groups excluding carboxylic acids is 1. The Morgan fingerprint density at radius 2 is 1.88 bits per heavy atom. The predicted molar refractivity (Wildman–Crippen MR) is 62.1 cm³/mol. The summed E-state index contributed by atoms with van der Waals surface area (Å²) in [7, 11) is 0. The highest BCUT2D eigenvalue weighted by Crippen LogP contribution is 2.33.